The molecule has 0 aliphatic heterocycles. The first-order chi connectivity index (χ1) is 12.6. The molecule has 2 rings (SSSR count). The molecule has 2 N–H and O–H groups in total. The maximum absolute atomic E-state index is 12.6. The Morgan fingerprint density at radius 3 is 2.00 bits per heavy atom. The average molecular weight is 380 g/mol. The molecule has 0 saturated carbocycles. The third kappa shape index (κ3) is 4.78. The minimum atomic E-state index is -4.46. The van der Waals surface area contributed by atoms with E-state index in [1.54, 1.807) is 24.3 Å². The summed E-state index contributed by atoms with van der Waals surface area (Å²) < 4.78 is 42.9. The van der Waals surface area contributed by atoms with Crippen molar-refractivity contribution in [3.8, 4) is 5.75 Å². The molecule has 0 aliphatic carbocycles. The molecule has 2 aromatic carbocycles. The highest BCUT2D eigenvalue weighted by Gasteiger charge is 2.37. The normalized spacial score (nSPS) is 11.6. The van der Waals surface area contributed by atoms with E-state index < -0.39 is 29.0 Å². The Kier molecular flexibility index (Phi) is 5.78. The minimum Gasteiger partial charge on any atom is -0.495 e. The van der Waals surface area contributed by atoms with Gasteiger partial charge in [0.2, 0.25) is 11.8 Å². The lowest BCUT2D eigenvalue weighted by Gasteiger charge is -2.23. The van der Waals surface area contributed by atoms with E-state index in [-0.39, 0.29) is 5.69 Å². The number of alkyl halides is 3. The van der Waals surface area contributed by atoms with Gasteiger partial charge in [0.15, 0.2) is 0 Å². The highest BCUT2D eigenvalue weighted by molar-refractivity contribution is 6.14. The highest BCUT2D eigenvalue weighted by Crippen LogP contribution is 2.30. The molecule has 0 atom stereocenters. The Morgan fingerprint density at radius 1 is 0.889 bits per heavy atom. The fourth-order valence-corrected chi connectivity index (χ4v) is 2.16. The second-order valence-corrected chi connectivity index (χ2v) is 6.31. The van der Waals surface area contributed by atoms with Gasteiger partial charge in [-0.2, -0.15) is 13.2 Å². The lowest BCUT2D eigenvalue weighted by atomic mass is 9.90. The number of hydrogen-bond donors (Lipinski definition) is 2. The molecule has 0 aromatic heterocycles. The molecule has 0 bridgehead atoms. The first kappa shape index (κ1) is 20.3. The maximum atomic E-state index is 12.6. The van der Waals surface area contributed by atoms with E-state index in [0.717, 1.165) is 24.3 Å². The quantitative estimate of drug-likeness (QED) is 0.760. The number of para-hydroxylation sites is 2. The van der Waals surface area contributed by atoms with Gasteiger partial charge in [-0.05, 0) is 50.2 Å². The van der Waals surface area contributed by atoms with E-state index in [9.17, 15) is 22.8 Å². The van der Waals surface area contributed by atoms with Gasteiger partial charge in [-0.25, -0.2) is 0 Å². The third-order valence-electron chi connectivity index (χ3n) is 3.96. The van der Waals surface area contributed by atoms with Gasteiger partial charge < -0.3 is 15.4 Å². The minimum absolute atomic E-state index is 0.158. The van der Waals surface area contributed by atoms with E-state index in [1.807, 2.05) is 0 Å². The standard InChI is InChI=1S/C19H19F3N2O3/c1-18(2,17(26)24-14-6-4-5-7-15(14)27-3)16(25)23-13-10-8-12(9-11-13)19(20,21)22/h4-11H,1-3H3,(H,23,25)(H,24,26). The Bertz CT molecular complexity index is 831. The first-order valence-corrected chi connectivity index (χ1v) is 7.99. The molecule has 0 unspecified atom stereocenters. The Balaban J connectivity index is 2.10. The first-order valence-electron chi connectivity index (χ1n) is 7.99. The molecule has 2 amide bonds. The number of hydrogen-bond acceptors (Lipinski definition) is 3. The molecular formula is C19H19F3N2O3. The zero-order chi connectivity index (χ0) is 20.2. The van der Waals surface area contributed by atoms with Crippen LogP contribution in [-0.2, 0) is 15.8 Å². The maximum Gasteiger partial charge on any atom is 0.416 e. The number of anilines is 2. The molecule has 0 aliphatic rings. The summed E-state index contributed by atoms with van der Waals surface area (Å²) in [6.07, 6.45) is -4.46. The number of amides is 2. The van der Waals surface area contributed by atoms with Crippen LogP contribution in [0.15, 0.2) is 48.5 Å². The largest absolute Gasteiger partial charge is 0.495 e. The molecule has 0 heterocycles. The molecule has 27 heavy (non-hydrogen) atoms. The van der Waals surface area contributed by atoms with E-state index in [4.69, 9.17) is 4.74 Å². The van der Waals surface area contributed by atoms with Crippen LogP contribution in [-0.4, -0.2) is 18.9 Å². The van der Waals surface area contributed by atoms with Crippen LogP contribution in [0.3, 0.4) is 0 Å². The Labute approximate surface area is 154 Å². The number of benzene rings is 2. The summed E-state index contributed by atoms with van der Waals surface area (Å²) in [6.45, 7) is 2.83. The van der Waals surface area contributed by atoms with Gasteiger partial charge in [-0.3, -0.25) is 9.59 Å². The summed E-state index contributed by atoms with van der Waals surface area (Å²) in [5.74, 6) is -0.809. The second-order valence-electron chi connectivity index (χ2n) is 6.31. The van der Waals surface area contributed by atoms with E-state index in [0.29, 0.717) is 11.4 Å². The van der Waals surface area contributed by atoms with Crippen molar-refractivity contribution >= 4 is 23.2 Å². The Morgan fingerprint density at radius 2 is 1.44 bits per heavy atom. The molecule has 0 radical (unpaired) electrons. The van der Waals surface area contributed by atoms with Crippen LogP contribution >= 0.6 is 0 Å². The second kappa shape index (κ2) is 7.69. The molecular weight excluding hydrogens is 361 g/mol. The van der Waals surface area contributed by atoms with Crippen molar-refractivity contribution in [1.29, 1.82) is 0 Å². The SMILES string of the molecule is COc1ccccc1NC(=O)C(C)(C)C(=O)Nc1ccc(C(F)(F)F)cc1. The molecule has 8 heteroatoms. The van der Waals surface area contributed by atoms with Crippen molar-refractivity contribution in [2.24, 2.45) is 5.41 Å². The number of methoxy groups -OCH3 is 1. The predicted molar refractivity (Wildman–Crippen MR) is 95.5 cm³/mol. The zero-order valence-electron chi connectivity index (χ0n) is 15.0. The number of carbonyl (C=O) groups is 2. The monoisotopic (exact) mass is 380 g/mol. The van der Waals surface area contributed by atoms with Gasteiger partial charge in [-0.1, -0.05) is 12.1 Å². The smallest absolute Gasteiger partial charge is 0.416 e. The van der Waals surface area contributed by atoms with Crippen molar-refractivity contribution in [3.63, 3.8) is 0 Å². The van der Waals surface area contributed by atoms with Crippen LogP contribution in [0.25, 0.3) is 0 Å². The number of halogens is 3. The number of carbonyl (C=O) groups excluding carboxylic acids is 2. The summed E-state index contributed by atoms with van der Waals surface area (Å²) in [7, 11) is 1.45. The fraction of sp³-hybridized carbons (Fsp3) is 0.263. The molecule has 0 fully saturated rings. The summed E-state index contributed by atoms with van der Waals surface area (Å²) in [5.41, 5.74) is -1.75. The topological polar surface area (TPSA) is 67.4 Å². The molecule has 2 aromatic rings. The van der Waals surface area contributed by atoms with Crippen LogP contribution in [0.2, 0.25) is 0 Å². The van der Waals surface area contributed by atoms with Crippen molar-refractivity contribution in [1.82, 2.24) is 0 Å². The van der Waals surface area contributed by atoms with Crippen molar-refractivity contribution < 1.29 is 27.5 Å². The summed E-state index contributed by atoms with van der Waals surface area (Å²) in [6, 6.07) is 10.7. The molecule has 144 valence electrons. The molecule has 0 saturated heterocycles. The predicted octanol–water partition coefficient (Wildman–Crippen LogP) is 4.32. The summed E-state index contributed by atoms with van der Waals surface area (Å²) in [5, 5.41) is 5.08. The lowest BCUT2D eigenvalue weighted by molar-refractivity contribution is -0.137. The van der Waals surface area contributed by atoms with Crippen molar-refractivity contribution in [2.45, 2.75) is 20.0 Å². The van der Waals surface area contributed by atoms with Gasteiger partial charge in [0, 0.05) is 5.69 Å². The molecule has 0 spiro atoms. The van der Waals surface area contributed by atoms with Crippen LogP contribution in [0.5, 0.6) is 5.75 Å². The van der Waals surface area contributed by atoms with Crippen molar-refractivity contribution in [2.75, 3.05) is 17.7 Å². The fourth-order valence-electron chi connectivity index (χ4n) is 2.16. The summed E-state index contributed by atoms with van der Waals surface area (Å²) in [4.78, 5) is 25.0. The van der Waals surface area contributed by atoms with E-state index in [1.165, 1.54) is 21.0 Å². The van der Waals surface area contributed by atoms with Gasteiger partial charge in [-0.15, -0.1) is 0 Å². The van der Waals surface area contributed by atoms with Crippen LogP contribution in [0.1, 0.15) is 19.4 Å². The number of ether oxygens (including phenoxy) is 1. The lowest BCUT2D eigenvalue weighted by Crippen LogP contribution is -2.41. The Hall–Kier alpha value is -3.03. The van der Waals surface area contributed by atoms with Crippen LogP contribution in [0, 0.1) is 5.41 Å². The number of nitrogens with one attached hydrogen (secondary N) is 2. The van der Waals surface area contributed by atoms with E-state index in [2.05, 4.69) is 10.6 Å². The molecule has 5 nitrogen and oxygen atoms in total. The zero-order valence-corrected chi connectivity index (χ0v) is 15.0. The van der Waals surface area contributed by atoms with Crippen molar-refractivity contribution in [3.05, 3.63) is 54.1 Å². The average Bonchev–Trinajstić information content (AvgIpc) is 2.61. The summed E-state index contributed by atoms with van der Waals surface area (Å²) >= 11 is 0. The van der Waals surface area contributed by atoms with E-state index >= 15 is 0 Å². The third-order valence-corrected chi connectivity index (χ3v) is 3.96. The van der Waals surface area contributed by atoms with Gasteiger partial charge >= 0.3 is 6.18 Å². The van der Waals surface area contributed by atoms with Crippen LogP contribution in [0.4, 0.5) is 24.5 Å². The van der Waals surface area contributed by atoms with Gasteiger partial charge in [0.05, 0.1) is 18.4 Å². The highest BCUT2D eigenvalue weighted by atomic mass is 19.4. The van der Waals surface area contributed by atoms with Gasteiger partial charge in [0.1, 0.15) is 11.2 Å². The van der Waals surface area contributed by atoms with Crippen LogP contribution < -0.4 is 15.4 Å². The van der Waals surface area contributed by atoms with Gasteiger partial charge in [0.25, 0.3) is 0 Å². The number of rotatable bonds is 5.